The summed E-state index contributed by atoms with van der Waals surface area (Å²) in [6.45, 7) is 5.09. The molecule has 1 atom stereocenters. The molecule has 98 valence electrons. The molecule has 1 unspecified atom stereocenters. The van der Waals surface area contributed by atoms with Crippen LogP contribution in [0.3, 0.4) is 0 Å². The van der Waals surface area contributed by atoms with Gasteiger partial charge in [-0.3, -0.25) is 0 Å². The van der Waals surface area contributed by atoms with E-state index in [1.165, 1.54) is 0 Å². The van der Waals surface area contributed by atoms with Gasteiger partial charge in [-0.25, -0.2) is 9.78 Å². The monoisotopic (exact) mass is 266 g/mol. The molecule has 0 spiro atoms. The molecule has 2 heterocycles. The molecule has 5 heteroatoms. The molecule has 0 saturated carbocycles. The van der Waals surface area contributed by atoms with E-state index < -0.39 is 5.97 Å². The second-order valence-corrected chi connectivity index (χ2v) is 5.63. The van der Waals surface area contributed by atoms with Gasteiger partial charge in [0, 0.05) is 29.8 Å². The Morgan fingerprint density at radius 3 is 3.00 bits per heavy atom. The van der Waals surface area contributed by atoms with E-state index in [2.05, 4.69) is 16.8 Å². The summed E-state index contributed by atoms with van der Waals surface area (Å²) in [4.78, 5) is 17.9. The lowest BCUT2D eigenvalue weighted by Crippen LogP contribution is -2.41. The SMILES string of the molecule is CCc1cc(C(=O)O)cc(N2CCSCC2C)n1. The van der Waals surface area contributed by atoms with Crippen molar-refractivity contribution in [2.45, 2.75) is 26.3 Å². The van der Waals surface area contributed by atoms with Crippen molar-refractivity contribution in [3.05, 3.63) is 23.4 Å². The molecular formula is C13H18N2O2S. The first-order chi connectivity index (χ1) is 8.61. The zero-order valence-corrected chi connectivity index (χ0v) is 11.5. The molecule has 1 aromatic rings. The standard InChI is InChI=1S/C13H18N2O2S/c1-3-11-6-10(13(16)17)7-12(14-11)15-4-5-18-8-9(15)2/h6-7,9H,3-5,8H2,1-2H3,(H,16,17). The van der Waals surface area contributed by atoms with Crippen molar-refractivity contribution in [1.29, 1.82) is 0 Å². The van der Waals surface area contributed by atoms with E-state index in [9.17, 15) is 4.79 Å². The summed E-state index contributed by atoms with van der Waals surface area (Å²) >= 11 is 1.94. The number of pyridine rings is 1. The number of thioether (sulfide) groups is 1. The highest BCUT2D eigenvalue weighted by Crippen LogP contribution is 2.23. The molecular weight excluding hydrogens is 248 g/mol. The smallest absolute Gasteiger partial charge is 0.335 e. The molecule has 0 aliphatic carbocycles. The molecule has 0 aromatic carbocycles. The third kappa shape index (κ3) is 2.77. The normalized spacial score (nSPS) is 19.9. The van der Waals surface area contributed by atoms with Gasteiger partial charge in [0.2, 0.25) is 0 Å². The number of aromatic carboxylic acids is 1. The van der Waals surface area contributed by atoms with Crippen molar-refractivity contribution in [3.8, 4) is 0 Å². The van der Waals surface area contributed by atoms with Gasteiger partial charge in [0.05, 0.1) is 5.56 Å². The summed E-state index contributed by atoms with van der Waals surface area (Å²) in [5.74, 6) is 2.07. The fourth-order valence-electron chi connectivity index (χ4n) is 2.09. The second kappa shape index (κ2) is 5.61. The van der Waals surface area contributed by atoms with Gasteiger partial charge in [0.15, 0.2) is 0 Å². The minimum absolute atomic E-state index is 0.335. The zero-order chi connectivity index (χ0) is 13.1. The second-order valence-electron chi connectivity index (χ2n) is 4.48. The summed E-state index contributed by atoms with van der Waals surface area (Å²) in [6.07, 6.45) is 0.755. The van der Waals surface area contributed by atoms with E-state index in [1.807, 2.05) is 18.7 Å². The molecule has 1 aliphatic heterocycles. The van der Waals surface area contributed by atoms with Crippen LogP contribution in [-0.4, -0.2) is 40.2 Å². The van der Waals surface area contributed by atoms with E-state index in [0.29, 0.717) is 11.6 Å². The minimum atomic E-state index is -0.882. The predicted octanol–water partition coefficient (Wildman–Crippen LogP) is 2.28. The quantitative estimate of drug-likeness (QED) is 0.909. The van der Waals surface area contributed by atoms with Crippen LogP contribution >= 0.6 is 11.8 Å². The van der Waals surface area contributed by atoms with Crippen LogP contribution in [0.15, 0.2) is 12.1 Å². The van der Waals surface area contributed by atoms with Crippen LogP contribution in [0.2, 0.25) is 0 Å². The van der Waals surface area contributed by atoms with E-state index >= 15 is 0 Å². The Hall–Kier alpha value is -1.23. The first-order valence-electron chi connectivity index (χ1n) is 6.20. The van der Waals surface area contributed by atoms with Crippen LogP contribution in [0.25, 0.3) is 0 Å². The van der Waals surface area contributed by atoms with Crippen molar-refractivity contribution in [1.82, 2.24) is 4.98 Å². The van der Waals surface area contributed by atoms with Crippen LogP contribution in [0.1, 0.15) is 29.9 Å². The highest BCUT2D eigenvalue weighted by molar-refractivity contribution is 7.99. The molecule has 4 nitrogen and oxygen atoms in total. The zero-order valence-electron chi connectivity index (χ0n) is 10.7. The number of carboxylic acid groups (broad SMARTS) is 1. The van der Waals surface area contributed by atoms with Crippen molar-refractivity contribution in [2.75, 3.05) is 23.0 Å². The van der Waals surface area contributed by atoms with Crippen LogP contribution < -0.4 is 4.90 Å². The Labute approximate surface area is 111 Å². The average molecular weight is 266 g/mol. The van der Waals surface area contributed by atoms with Crippen molar-refractivity contribution >= 4 is 23.5 Å². The minimum Gasteiger partial charge on any atom is -0.478 e. The Balaban J connectivity index is 2.36. The van der Waals surface area contributed by atoms with Gasteiger partial charge in [0.25, 0.3) is 0 Å². The number of rotatable bonds is 3. The third-order valence-corrected chi connectivity index (χ3v) is 4.33. The van der Waals surface area contributed by atoms with E-state index in [-0.39, 0.29) is 0 Å². The maximum Gasteiger partial charge on any atom is 0.335 e. The summed E-state index contributed by atoms with van der Waals surface area (Å²) in [6, 6.07) is 3.76. The Morgan fingerprint density at radius 1 is 1.61 bits per heavy atom. The van der Waals surface area contributed by atoms with Crippen LogP contribution in [0.4, 0.5) is 5.82 Å². The maximum absolute atomic E-state index is 11.1. The fourth-order valence-corrected chi connectivity index (χ4v) is 3.10. The maximum atomic E-state index is 11.1. The fraction of sp³-hybridized carbons (Fsp3) is 0.538. The van der Waals surface area contributed by atoms with Crippen LogP contribution in [0.5, 0.6) is 0 Å². The Morgan fingerprint density at radius 2 is 2.39 bits per heavy atom. The predicted molar refractivity (Wildman–Crippen MR) is 74.7 cm³/mol. The van der Waals surface area contributed by atoms with Gasteiger partial charge >= 0.3 is 5.97 Å². The molecule has 1 aromatic heterocycles. The number of nitrogens with zero attached hydrogens (tertiary/aromatic N) is 2. The highest BCUT2D eigenvalue weighted by Gasteiger charge is 2.21. The van der Waals surface area contributed by atoms with E-state index in [4.69, 9.17) is 5.11 Å². The van der Waals surface area contributed by atoms with Gasteiger partial charge in [-0.05, 0) is 25.5 Å². The summed E-state index contributed by atoms with van der Waals surface area (Å²) < 4.78 is 0. The molecule has 1 N–H and O–H groups in total. The van der Waals surface area contributed by atoms with E-state index in [0.717, 1.165) is 36.0 Å². The van der Waals surface area contributed by atoms with E-state index in [1.54, 1.807) is 12.1 Å². The molecule has 2 rings (SSSR count). The Kier molecular flexibility index (Phi) is 4.11. The molecule has 0 bridgehead atoms. The lowest BCUT2D eigenvalue weighted by Gasteiger charge is -2.34. The largest absolute Gasteiger partial charge is 0.478 e. The molecule has 0 amide bonds. The first kappa shape index (κ1) is 13.2. The number of carbonyl (C=O) groups is 1. The molecule has 1 saturated heterocycles. The lowest BCUT2D eigenvalue weighted by atomic mass is 10.1. The summed E-state index contributed by atoms with van der Waals surface area (Å²) in [5, 5.41) is 9.14. The van der Waals surface area contributed by atoms with Gasteiger partial charge in [0.1, 0.15) is 5.82 Å². The van der Waals surface area contributed by atoms with Crippen LogP contribution in [0, 0.1) is 0 Å². The van der Waals surface area contributed by atoms with Crippen molar-refractivity contribution in [2.24, 2.45) is 0 Å². The van der Waals surface area contributed by atoms with Crippen molar-refractivity contribution in [3.63, 3.8) is 0 Å². The molecule has 1 aliphatic rings. The molecule has 0 radical (unpaired) electrons. The topological polar surface area (TPSA) is 53.4 Å². The number of anilines is 1. The van der Waals surface area contributed by atoms with Gasteiger partial charge in [-0.2, -0.15) is 11.8 Å². The lowest BCUT2D eigenvalue weighted by molar-refractivity contribution is 0.0696. The van der Waals surface area contributed by atoms with Crippen LogP contribution in [-0.2, 0) is 6.42 Å². The summed E-state index contributed by atoms with van der Waals surface area (Å²) in [7, 11) is 0. The highest BCUT2D eigenvalue weighted by atomic mass is 32.2. The first-order valence-corrected chi connectivity index (χ1v) is 7.36. The average Bonchev–Trinajstić information content (AvgIpc) is 2.38. The third-order valence-electron chi connectivity index (χ3n) is 3.14. The van der Waals surface area contributed by atoms with Gasteiger partial charge in [-0.15, -0.1) is 0 Å². The van der Waals surface area contributed by atoms with Gasteiger partial charge in [-0.1, -0.05) is 6.92 Å². The Bertz CT molecular complexity index is 451. The number of hydrogen-bond donors (Lipinski definition) is 1. The number of aromatic nitrogens is 1. The van der Waals surface area contributed by atoms with Gasteiger partial charge < -0.3 is 10.0 Å². The number of carboxylic acids is 1. The summed E-state index contributed by atoms with van der Waals surface area (Å²) in [5.41, 5.74) is 1.18. The number of hydrogen-bond acceptors (Lipinski definition) is 4. The van der Waals surface area contributed by atoms with Crippen molar-refractivity contribution < 1.29 is 9.90 Å². The molecule has 18 heavy (non-hydrogen) atoms. The number of aryl methyl sites for hydroxylation is 1. The molecule has 1 fully saturated rings.